The maximum Gasteiger partial charge on any atom is 0.205 e. The first kappa shape index (κ1) is 15.9. The third-order valence-corrected chi connectivity index (χ3v) is 3.97. The Morgan fingerprint density at radius 3 is 2.55 bits per heavy atom. The summed E-state index contributed by atoms with van der Waals surface area (Å²) >= 11 is 0. The van der Waals surface area contributed by atoms with Crippen molar-refractivity contribution in [3.63, 3.8) is 0 Å². The van der Waals surface area contributed by atoms with Gasteiger partial charge in [0, 0.05) is 13.1 Å². The van der Waals surface area contributed by atoms with Crippen LogP contribution in [0.3, 0.4) is 0 Å². The van der Waals surface area contributed by atoms with E-state index in [-0.39, 0.29) is 25.4 Å². The smallest absolute Gasteiger partial charge is 0.205 e. The van der Waals surface area contributed by atoms with Crippen molar-refractivity contribution in [1.29, 1.82) is 0 Å². The van der Waals surface area contributed by atoms with Gasteiger partial charge in [0.1, 0.15) is 12.7 Å². The van der Waals surface area contributed by atoms with Gasteiger partial charge in [-0.05, 0) is 5.56 Å². The molecule has 0 aromatic heterocycles. The fourth-order valence-electron chi connectivity index (χ4n) is 3.08. The third-order valence-electron chi connectivity index (χ3n) is 3.97. The zero-order valence-corrected chi connectivity index (χ0v) is 12.6. The average molecular weight is 309 g/mol. The van der Waals surface area contributed by atoms with Crippen LogP contribution in [0, 0.1) is 0 Å². The number of aliphatic hydroxyl groups is 2. The summed E-state index contributed by atoms with van der Waals surface area (Å²) in [5.74, 6) is -0.911. The molecule has 22 heavy (non-hydrogen) atoms. The maximum absolute atomic E-state index is 9.51. The average Bonchev–Trinajstić information content (AvgIpc) is 2.55. The summed E-state index contributed by atoms with van der Waals surface area (Å²) in [6, 6.07) is 10.2. The SMILES string of the molecule is OC[C@@H]1COC[C@]2(CN(Cc3ccccc3)C[C@H](CO)O2)O1. The number of hydrogen-bond acceptors (Lipinski definition) is 6. The molecule has 0 radical (unpaired) electrons. The van der Waals surface area contributed by atoms with Crippen LogP contribution in [0.1, 0.15) is 5.56 Å². The molecule has 0 aliphatic carbocycles. The summed E-state index contributed by atoms with van der Waals surface area (Å²) in [6.45, 7) is 2.45. The molecular formula is C16H23NO5. The van der Waals surface area contributed by atoms with Crippen molar-refractivity contribution < 1.29 is 24.4 Å². The van der Waals surface area contributed by atoms with Crippen LogP contribution in [0.2, 0.25) is 0 Å². The van der Waals surface area contributed by atoms with Gasteiger partial charge in [0.25, 0.3) is 0 Å². The summed E-state index contributed by atoms with van der Waals surface area (Å²) in [4.78, 5) is 2.20. The maximum atomic E-state index is 9.51. The summed E-state index contributed by atoms with van der Waals surface area (Å²) in [6.07, 6.45) is -0.705. The molecule has 0 saturated carbocycles. The van der Waals surface area contributed by atoms with Gasteiger partial charge in [0.05, 0.1) is 32.5 Å². The number of rotatable bonds is 4. The lowest BCUT2D eigenvalue weighted by atomic mass is 10.1. The minimum absolute atomic E-state index is 0.0693. The van der Waals surface area contributed by atoms with E-state index in [2.05, 4.69) is 17.0 Å². The van der Waals surface area contributed by atoms with Gasteiger partial charge in [-0.2, -0.15) is 0 Å². The van der Waals surface area contributed by atoms with Crippen molar-refractivity contribution in [3.8, 4) is 0 Å². The van der Waals surface area contributed by atoms with Crippen molar-refractivity contribution in [2.24, 2.45) is 0 Å². The Bertz CT molecular complexity index is 467. The molecule has 1 spiro atoms. The molecule has 1 aromatic carbocycles. The highest BCUT2D eigenvalue weighted by molar-refractivity contribution is 5.14. The topological polar surface area (TPSA) is 71.4 Å². The van der Waals surface area contributed by atoms with E-state index in [1.165, 1.54) is 5.56 Å². The Hall–Kier alpha value is -1.02. The van der Waals surface area contributed by atoms with Gasteiger partial charge in [0.15, 0.2) is 0 Å². The Kier molecular flexibility index (Phi) is 5.07. The Labute approximate surface area is 130 Å². The van der Waals surface area contributed by atoms with E-state index in [0.717, 1.165) is 6.54 Å². The number of aliphatic hydroxyl groups excluding tert-OH is 2. The number of hydrogen-bond donors (Lipinski definition) is 2. The molecule has 2 saturated heterocycles. The lowest BCUT2D eigenvalue weighted by Crippen LogP contribution is -2.63. The zero-order chi connectivity index (χ0) is 15.4. The summed E-state index contributed by atoms with van der Waals surface area (Å²) < 4.78 is 17.4. The Morgan fingerprint density at radius 2 is 1.82 bits per heavy atom. The number of morpholine rings is 1. The van der Waals surface area contributed by atoms with Gasteiger partial charge in [-0.15, -0.1) is 0 Å². The predicted molar refractivity (Wildman–Crippen MR) is 79.2 cm³/mol. The van der Waals surface area contributed by atoms with Crippen LogP contribution >= 0.6 is 0 Å². The number of ether oxygens (including phenoxy) is 3. The van der Waals surface area contributed by atoms with Crippen molar-refractivity contribution in [1.82, 2.24) is 4.90 Å². The van der Waals surface area contributed by atoms with Crippen molar-refractivity contribution in [2.45, 2.75) is 24.5 Å². The minimum atomic E-state index is -0.911. The van der Waals surface area contributed by atoms with E-state index in [1.54, 1.807) is 0 Å². The van der Waals surface area contributed by atoms with Crippen LogP contribution in [-0.4, -0.2) is 72.6 Å². The largest absolute Gasteiger partial charge is 0.394 e. The molecule has 0 bridgehead atoms. The van der Waals surface area contributed by atoms with Crippen LogP contribution in [0.4, 0.5) is 0 Å². The van der Waals surface area contributed by atoms with Crippen LogP contribution in [0.5, 0.6) is 0 Å². The molecule has 122 valence electrons. The second-order valence-corrected chi connectivity index (χ2v) is 5.93. The van der Waals surface area contributed by atoms with E-state index >= 15 is 0 Å². The first-order valence-corrected chi connectivity index (χ1v) is 7.64. The molecule has 0 unspecified atom stereocenters. The fourth-order valence-corrected chi connectivity index (χ4v) is 3.08. The quantitative estimate of drug-likeness (QED) is 0.815. The van der Waals surface area contributed by atoms with E-state index < -0.39 is 5.79 Å². The molecule has 2 aliphatic rings. The lowest BCUT2D eigenvalue weighted by molar-refractivity contribution is -0.357. The standard InChI is InChI=1S/C16H23NO5/c18-8-14-7-17(6-13-4-2-1-3-5-13)11-16(21-14)12-20-10-15(9-19)22-16/h1-5,14-15,18-19H,6-12H2/t14-,15-,16+/m1/s1. The van der Waals surface area contributed by atoms with Crippen LogP contribution in [0.15, 0.2) is 30.3 Å². The number of nitrogens with zero attached hydrogens (tertiary/aromatic N) is 1. The molecule has 1 aromatic rings. The van der Waals surface area contributed by atoms with Gasteiger partial charge in [0.2, 0.25) is 5.79 Å². The zero-order valence-electron chi connectivity index (χ0n) is 12.6. The van der Waals surface area contributed by atoms with Crippen LogP contribution < -0.4 is 0 Å². The highest BCUT2D eigenvalue weighted by atomic mass is 16.7. The molecule has 2 fully saturated rings. The molecule has 2 N–H and O–H groups in total. The third kappa shape index (κ3) is 3.65. The van der Waals surface area contributed by atoms with Crippen LogP contribution in [-0.2, 0) is 20.8 Å². The van der Waals surface area contributed by atoms with Crippen LogP contribution in [0.25, 0.3) is 0 Å². The molecular weight excluding hydrogens is 286 g/mol. The number of benzene rings is 1. The molecule has 2 heterocycles. The first-order chi connectivity index (χ1) is 10.7. The lowest BCUT2D eigenvalue weighted by Gasteiger charge is -2.48. The van der Waals surface area contributed by atoms with E-state index in [1.807, 2.05) is 18.2 Å². The van der Waals surface area contributed by atoms with Gasteiger partial charge in [-0.3, -0.25) is 4.90 Å². The highest BCUT2D eigenvalue weighted by Crippen LogP contribution is 2.29. The minimum Gasteiger partial charge on any atom is -0.394 e. The van der Waals surface area contributed by atoms with Crippen molar-refractivity contribution >= 4 is 0 Å². The van der Waals surface area contributed by atoms with Crippen molar-refractivity contribution in [2.75, 3.05) is 39.5 Å². The summed E-state index contributed by atoms with van der Waals surface area (Å²) in [5.41, 5.74) is 1.20. The van der Waals surface area contributed by atoms with E-state index in [4.69, 9.17) is 14.2 Å². The Morgan fingerprint density at radius 1 is 1.09 bits per heavy atom. The normalized spacial score (nSPS) is 33.2. The molecule has 3 rings (SSSR count). The predicted octanol–water partition coefficient (Wildman–Crippen LogP) is -0.0163. The second-order valence-electron chi connectivity index (χ2n) is 5.93. The van der Waals surface area contributed by atoms with E-state index in [0.29, 0.717) is 26.3 Å². The molecule has 2 aliphatic heterocycles. The molecule has 3 atom stereocenters. The summed E-state index contributed by atoms with van der Waals surface area (Å²) in [7, 11) is 0. The first-order valence-electron chi connectivity index (χ1n) is 7.64. The molecule has 6 heteroatoms. The molecule has 6 nitrogen and oxygen atoms in total. The van der Waals surface area contributed by atoms with E-state index in [9.17, 15) is 10.2 Å². The molecule has 0 amide bonds. The van der Waals surface area contributed by atoms with Gasteiger partial charge in [-0.1, -0.05) is 30.3 Å². The van der Waals surface area contributed by atoms with Gasteiger partial charge in [-0.25, -0.2) is 0 Å². The summed E-state index contributed by atoms with van der Waals surface area (Å²) in [5, 5.41) is 18.8. The highest BCUT2D eigenvalue weighted by Gasteiger charge is 2.46. The fraction of sp³-hybridized carbons (Fsp3) is 0.625. The second kappa shape index (κ2) is 7.04. The monoisotopic (exact) mass is 309 g/mol. The van der Waals surface area contributed by atoms with Crippen molar-refractivity contribution in [3.05, 3.63) is 35.9 Å². The Balaban J connectivity index is 1.72. The van der Waals surface area contributed by atoms with Gasteiger partial charge < -0.3 is 24.4 Å². The van der Waals surface area contributed by atoms with Gasteiger partial charge >= 0.3 is 0 Å².